The largest absolute Gasteiger partial charge is 0.381 e. The minimum absolute atomic E-state index is 0.685. The van der Waals surface area contributed by atoms with Gasteiger partial charge in [-0.2, -0.15) is 0 Å². The Morgan fingerprint density at radius 2 is 2.33 bits per heavy atom. The zero-order valence-corrected chi connectivity index (χ0v) is 13.8. The predicted molar refractivity (Wildman–Crippen MR) is 87.8 cm³/mol. The normalized spacial score (nSPS) is 15.2. The van der Waals surface area contributed by atoms with Crippen LogP contribution in [0.25, 0.3) is 0 Å². The molecule has 1 saturated carbocycles. The van der Waals surface area contributed by atoms with E-state index in [-0.39, 0.29) is 0 Å². The smallest absolute Gasteiger partial charge is 0.191 e. The standard InChI is InChI=1S/C15H26N4OS/c1-3-16-15(18-9-14-12(2)19-11-21-14)17-7-4-8-20-10-13-5-6-13/h11,13H,3-10H2,1-2H3,(H2,16,17,18). The third-order valence-electron chi connectivity index (χ3n) is 3.38. The van der Waals surface area contributed by atoms with Crippen molar-refractivity contribution in [1.29, 1.82) is 0 Å². The molecule has 0 unspecified atom stereocenters. The molecule has 0 aromatic carbocycles. The number of hydrogen-bond donors (Lipinski definition) is 2. The first kappa shape index (κ1) is 16.2. The first-order valence-corrected chi connectivity index (χ1v) is 8.66. The second-order valence-electron chi connectivity index (χ2n) is 5.35. The van der Waals surface area contributed by atoms with E-state index in [2.05, 4.69) is 27.5 Å². The molecule has 0 amide bonds. The summed E-state index contributed by atoms with van der Waals surface area (Å²) in [5, 5.41) is 6.62. The zero-order valence-electron chi connectivity index (χ0n) is 13.0. The maximum atomic E-state index is 5.63. The van der Waals surface area contributed by atoms with Crippen LogP contribution < -0.4 is 10.6 Å². The van der Waals surface area contributed by atoms with E-state index in [1.807, 2.05) is 12.4 Å². The van der Waals surface area contributed by atoms with Gasteiger partial charge < -0.3 is 15.4 Å². The van der Waals surface area contributed by atoms with Gasteiger partial charge in [0.15, 0.2) is 5.96 Å². The van der Waals surface area contributed by atoms with E-state index >= 15 is 0 Å². The van der Waals surface area contributed by atoms with Crippen LogP contribution in [-0.2, 0) is 11.3 Å². The van der Waals surface area contributed by atoms with Crippen LogP contribution in [0.3, 0.4) is 0 Å². The Hall–Kier alpha value is -1.14. The number of rotatable bonds is 9. The first-order valence-electron chi connectivity index (χ1n) is 7.78. The van der Waals surface area contributed by atoms with E-state index in [0.717, 1.165) is 50.3 Å². The van der Waals surface area contributed by atoms with Crippen molar-refractivity contribution in [1.82, 2.24) is 15.6 Å². The number of ether oxygens (including phenoxy) is 1. The summed E-state index contributed by atoms with van der Waals surface area (Å²) in [4.78, 5) is 10.1. The SMILES string of the molecule is CCNC(=NCc1scnc1C)NCCCOCC1CC1. The van der Waals surface area contributed by atoms with Crippen molar-refractivity contribution >= 4 is 17.3 Å². The van der Waals surface area contributed by atoms with E-state index in [0.29, 0.717) is 6.54 Å². The van der Waals surface area contributed by atoms with Crippen LogP contribution in [0.15, 0.2) is 10.5 Å². The van der Waals surface area contributed by atoms with Crippen LogP contribution in [-0.4, -0.2) is 37.2 Å². The van der Waals surface area contributed by atoms with Crippen molar-refractivity contribution in [3.05, 3.63) is 16.1 Å². The zero-order chi connectivity index (χ0) is 14.9. The molecule has 0 saturated heterocycles. The lowest BCUT2D eigenvalue weighted by Crippen LogP contribution is -2.38. The van der Waals surface area contributed by atoms with E-state index < -0.39 is 0 Å². The Kier molecular flexibility index (Phi) is 6.95. The van der Waals surface area contributed by atoms with Crippen molar-refractivity contribution in [2.45, 2.75) is 39.7 Å². The first-order chi connectivity index (χ1) is 10.3. The average molecular weight is 310 g/mol. The highest BCUT2D eigenvalue weighted by molar-refractivity contribution is 7.09. The maximum absolute atomic E-state index is 5.63. The van der Waals surface area contributed by atoms with Gasteiger partial charge >= 0.3 is 0 Å². The Balaban J connectivity index is 1.64. The number of nitrogens with zero attached hydrogens (tertiary/aromatic N) is 2. The van der Waals surface area contributed by atoms with Crippen molar-refractivity contribution in [3.63, 3.8) is 0 Å². The van der Waals surface area contributed by atoms with Gasteiger partial charge in [0.25, 0.3) is 0 Å². The van der Waals surface area contributed by atoms with Gasteiger partial charge in [0.05, 0.1) is 17.7 Å². The molecule has 0 spiro atoms. The number of guanidine groups is 1. The summed E-state index contributed by atoms with van der Waals surface area (Å²) < 4.78 is 5.63. The number of aliphatic imine (C=N–C) groups is 1. The van der Waals surface area contributed by atoms with Gasteiger partial charge in [0, 0.05) is 31.2 Å². The molecule has 2 N–H and O–H groups in total. The van der Waals surface area contributed by atoms with E-state index in [1.54, 1.807) is 11.3 Å². The molecule has 1 aliphatic rings. The molecule has 1 aromatic rings. The molecular weight excluding hydrogens is 284 g/mol. The Bertz CT molecular complexity index is 443. The molecule has 1 fully saturated rings. The molecule has 1 aromatic heterocycles. The van der Waals surface area contributed by atoms with Crippen LogP contribution in [0.2, 0.25) is 0 Å². The second kappa shape index (κ2) is 9.00. The third-order valence-corrected chi connectivity index (χ3v) is 4.30. The monoisotopic (exact) mass is 310 g/mol. The minimum Gasteiger partial charge on any atom is -0.381 e. The van der Waals surface area contributed by atoms with Gasteiger partial charge in [0.1, 0.15) is 0 Å². The highest BCUT2D eigenvalue weighted by atomic mass is 32.1. The second-order valence-corrected chi connectivity index (χ2v) is 6.29. The molecule has 2 rings (SSSR count). The van der Waals surface area contributed by atoms with Crippen molar-refractivity contribution < 1.29 is 4.74 Å². The molecular formula is C15H26N4OS. The number of thiazole rings is 1. The number of aromatic nitrogens is 1. The van der Waals surface area contributed by atoms with Gasteiger partial charge in [-0.15, -0.1) is 11.3 Å². The number of hydrogen-bond acceptors (Lipinski definition) is 4. The highest BCUT2D eigenvalue weighted by Crippen LogP contribution is 2.28. The van der Waals surface area contributed by atoms with Gasteiger partial charge in [-0.3, -0.25) is 0 Å². The van der Waals surface area contributed by atoms with E-state index in [9.17, 15) is 0 Å². The lowest BCUT2D eigenvalue weighted by Gasteiger charge is -2.11. The van der Waals surface area contributed by atoms with Crippen molar-refractivity contribution in [2.75, 3.05) is 26.3 Å². The highest BCUT2D eigenvalue weighted by Gasteiger charge is 2.20. The summed E-state index contributed by atoms with van der Waals surface area (Å²) in [7, 11) is 0. The fourth-order valence-corrected chi connectivity index (χ4v) is 2.59. The van der Waals surface area contributed by atoms with Gasteiger partial charge in [0.2, 0.25) is 0 Å². The summed E-state index contributed by atoms with van der Waals surface area (Å²) in [6.45, 7) is 8.32. The van der Waals surface area contributed by atoms with Gasteiger partial charge in [-0.1, -0.05) is 0 Å². The molecule has 0 atom stereocenters. The lowest BCUT2D eigenvalue weighted by molar-refractivity contribution is 0.123. The van der Waals surface area contributed by atoms with Crippen molar-refractivity contribution in [2.24, 2.45) is 10.9 Å². The Morgan fingerprint density at radius 3 is 3.00 bits per heavy atom. The number of nitrogens with one attached hydrogen (secondary N) is 2. The van der Waals surface area contributed by atoms with E-state index in [1.165, 1.54) is 17.7 Å². The molecule has 6 heteroatoms. The van der Waals surface area contributed by atoms with Gasteiger partial charge in [-0.25, -0.2) is 9.98 Å². The summed E-state index contributed by atoms with van der Waals surface area (Å²) in [5.41, 5.74) is 2.95. The Morgan fingerprint density at radius 1 is 1.48 bits per heavy atom. The molecule has 1 heterocycles. The van der Waals surface area contributed by atoms with Gasteiger partial charge in [-0.05, 0) is 39.0 Å². The van der Waals surface area contributed by atoms with E-state index in [4.69, 9.17) is 4.74 Å². The lowest BCUT2D eigenvalue weighted by atomic mass is 10.4. The molecule has 0 aliphatic heterocycles. The van der Waals surface area contributed by atoms with Crippen molar-refractivity contribution in [3.8, 4) is 0 Å². The average Bonchev–Trinajstić information content (AvgIpc) is 3.21. The van der Waals surface area contributed by atoms with Crippen LogP contribution >= 0.6 is 11.3 Å². The fraction of sp³-hybridized carbons (Fsp3) is 0.733. The third kappa shape index (κ3) is 6.44. The maximum Gasteiger partial charge on any atom is 0.191 e. The molecule has 21 heavy (non-hydrogen) atoms. The predicted octanol–water partition coefficient (Wildman–Crippen LogP) is 2.32. The summed E-state index contributed by atoms with van der Waals surface area (Å²) in [5.74, 6) is 1.71. The van der Waals surface area contributed by atoms with Crippen LogP contribution in [0.1, 0.15) is 36.8 Å². The molecule has 1 aliphatic carbocycles. The van der Waals surface area contributed by atoms with Crippen LogP contribution in [0, 0.1) is 12.8 Å². The molecule has 5 nitrogen and oxygen atoms in total. The summed E-state index contributed by atoms with van der Waals surface area (Å²) >= 11 is 1.66. The summed E-state index contributed by atoms with van der Waals surface area (Å²) in [6, 6.07) is 0. The Labute approximate surface area is 131 Å². The topological polar surface area (TPSA) is 58.5 Å². The van der Waals surface area contributed by atoms with Crippen LogP contribution in [0.4, 0.5) is 0 Å². The fourth-order valence-electron chi connectivity index (χ4n) is 1.89. The molecule has 0 radical (unpaired) electrons. The summed E-state index contributed by atoms with van der Waals surface area (Å²) in [6.07, 6.45) is 3.72. The molecule has 0 bridgehead atoms. The quantitative estimate of drug-likeness (QED) is 0.417. The molecule has 118 valence electrons. The van der Waals surface area contributed by atoms with Crippen LogP contribution in [0.5, 0.6) is 0 Å². The minimum atomic E-state index is 0.685. The number of aryl methyl sites for hydroxylation is 1.